The third-order valence-electron chi connectivity index (χ3n) is 16.2. The Morgan fingerprint density at radius 1 is 0.515 bits per heavy atom. The van der Waals surface area contributed by atoms with Crippen LogP contribution >= 0.6 is 12.4 Å². The van der Waals surface area contributed by atoms with E-state index in [1.54, 1.807) is 46.1 Å². The minimum Gasteiger partial charge on any atom is -0.542 e. The van der Waals surface area contributed by atoms with Crippen molar-refractivity contribution in [3.05, 3.63) is 205 Å². The molecule has 8 rings (SSSR count). The van der Waals surface area contributed by atoms with Gasteiger partial charge in [-0.2, -0.15) is 0 Å². The molecule has 3 N–H and O–H groups in total. The number of carboxylic acid groups (broad SMARTS) is 1. The van der Waals surface area contributed by atoms with Crippen molar-refractivity contribution in [1.82, 2.24) is 40.3 Å². The third-order valence-corrected chi connectivity index (χ3v) is 26.3. The van der Waals surface area contributed by atoms with Crippen molar-refractivity contribution in [1.29, 1.82) is 0 Å². The van der Waals surface area contributed by atoms with Crippen LogP contribution in [0.5, 0.6) is 0 Å². The minimum absolute atomic E-state index is 0. The number of aromatic carboxylic acids is 1. The number of nitrogens with zero attached hydrogens (tertiary/aromatic N) is 5. The van der Waals surface area contributed by atoms with Crippen LogP contribution in [0.15, 0.2) is 182 Å². The second kappa shape index (κ2) is 38.0. The molecule has 3 amide bonds. The molecular formula is C76H102ClN8NaO11Si2. The SMILES string of the molecule is CNOC.CON(C)C(=O)c1nc(-c2ccc(C[C@@H](CCO[Si](c3ccccc3)(c3ccccc3)C(C)(C)C)NC(=O)OC(C)(C)C)cc2)cn1C.Cl.Cn1cc(-c2ccc(C[C@@H](CCO[Si](c3ccccc3)(c3ccccc3)C(C)(C)C)NC(=O)OC(C)(C)C)cc2)nc1C(=O)[O-].[Na+]. The van der Waals surface area contributed by atoms with Gasteiger partial charge in [0, 0.05) is 77.0 Å². The first-order valence-corrected chi connectivity index (χ1v) is 36.5. The molecular weight excluding hydrogens is 1320 g/mol. The van der Waals surface area contributed by atoms with Crippen molar-refractivity contribution < 1.29 is 81.8 Å². The Morgan fingerprint density at radius 2 is 0.818 bits per heavy atom. The van der Waals surface area contributed by atoms with Gasteiger partial charge in [0.15, 0.2) is 5.82 Å². The van der Waals surface area contributed by atoms with Crippen LogP contribution in [0.25, 0.3) is 22.5 Å². The molecule has 0 saturated carbocycles. The van der Waals surface area contributed by atoms with E-state index in [1.807, 2.05) is 121 Å². The molecule has 23 heteroatoms. The summed E-state index contributed by atoms with van der Waals surface area (Å²) >= 11 is 0. The maximum absolute atomic E-state index is 13.0. The number of hydrogen-bond acceptors (Lipinski definition) is 14. The fourth-order valence-electron chi connectivity index (χ4n) is 11.6. The average molecular weight is 1420 g/mol. The Balaban J connectivity index is 0.000000392. The van der Waals surface area contributed by atoms with Crippen molar-refractivity contribution in [2.75, 3.05) is 41.5 Å². The van der Waals surface area contributed by atoms with Gasteiger partial charge in [0.1, 0.15) is 17.2 Å². The van der Waals surface area contributed by atoms with Gasteiger partial charge in [-0.3, -0.25) is 9.63 Å². The maximum atomic E-state index is 13.0. The molecule has 0 saturated heterocycles. The Hall–Kier alpha value is -7.26. The predicted molar refractivity (Wildman–Crippen MR) is 394 cm³/mol. The van der Waals surface area contributed by atoms with E-state index in [2.05, 4.69) is 170 Å². The van der Waals surface area contributed by atoms with E-state index in [-0.39, 0.29) is 81.7 Å². The molecule has 99 heavy (non-hydrogen) atoms. The number of carbonyl (C=O) groups is 4. The van der Waals surface area contributed by atoms with E-state index in [0.717, 1.165) is 27.3 Å². The van der Waals surface area contributed by atoms with Crippen LogP contribution < -0.4 is 71.5 Å². The van der Waals surface area contributed by atoms with Crippen molar-refractivity contribution in [3.63, 3.8) is 0 Å². The number of carboxylic acids is 1. The van der Waals surface area contributed by atoms with Crippen molar-refractivity contribution in [2.24, 2.45) is 14.1 Å². The fourth-order valence-corrected chi connectivity index (χ4v) is 20.8. The molecule has 0 bridgehead atoms. The molecule has 0 aliphatic rings. The summed E-state index contributed by atoms with van der Waals surface area (Å²) in [4.78, 5) is 67.9. The molecule has 0 fully saturated rings. The number of hydroxylamine groups is 3. The first kappa shape index (κ1) is 84.2. The quantitative estimate of drug-likeness (QED) is 0.0384. The van der Waals surface area contributed by atoms with E-state index in [9.17, 15) is 24.3 Å². The first-order valence-electron chi connectivity index (χ1n) is 32.7. The van der Waals surface area contributed by atoms with Gasteiger partial charge in [-0.25, -0.2) is 30.1 Å². The van der Waals surface area contributed by atoms with Gasteiger partial charge >= 0.3 is 47.7 Å². The Kier molecular flexibility index (Phi) is 32.3. The van der Waals surface area contributed by atoms with Crippen LogP contribution in [0, 0.1) is 0 Å². The average Bonchev–Trinajstić information content (AvgIpc) is 1.41. The standard InChI is InChI=1S/C38H50N4O5Si.C36H45N3O5Si.C2H7NO.ClH.Na/c1-37(2,3)47-36(44)39-30(26-28-20-22-29(23-21-28)33-27-41(7)34(40-33)35(43)42(8)45-9)24-25-46-48(38(4,5)6,31-16-12-10-13-17-31)32-18-14-11-15-19-32;1-35(2,3)44-34(42)37-28(24-26-18-20-27(21-19-26)31-25-39(7)32(38-31)33(40)41)22-23-43-45(36(4,5)6,29-14-10-8-11-15-29)30-16-12-9-13-17-30;1-3-4-2;;/h10-23,27,30H,24-26H2,1-9H3,(H,39,44);8-21,25,28H,22-24H2,1-7H3,(H,37,42)(H,40,41);3H,1-2H3;1H;/q;;;;+1/p-1/t30-;28-;;;/m11.../s1. The van der Waals surface area contributed by atoms with Gasteiger partial charge < -0.3 is 52.8 Å². The number of ether oxygens (including phenoxy) is 2. The number of alkyl carbamates (subject to hydrolysis) is 2. The predicted octanol–water partition coefficient (Wildman–Crippen LogP) is 8.17. The monoisotopic (exact) mass is 1420 g/mol. The van der Waals surface area contributed by atoms with Crippen LogP contribution in [0.2, 0.25) is 10.1 Å². The number of carbonyl (C=O) groups excluding carboxylic acids is 4. The molecule has 0 aliphatic carbocycles. The molecule has 2 heterocycles. The summed E-state index contributed by atoms with van der Waals surface area (Å²) in [7, 11) is 4.19. The molecule has 0 unspecified atom stereocenters. The van der Waals surface area contributed by atoms with Crippen LogP contribution in [0.1, 0.15) is 128 Å². The van der Waals surface area contributed by atoms with Gasteiger partial charge in [0.2, 0.25) is 5.82 Å². The molecule has 0 aliphatic heterocycles. The smallest absolute Gasteiger partial charge is 0.542 e. The first-order chi connectivity index (χ1) is 45.7. The zero-order valence-corrected chi connectivity index (χ0v) is 66.2. The number of benzene rings is 6. The largest absolute Gasteiger partial charge is 1.00 e. The normalized spacial score (nSPS) is 12.3. The number of aromatic nitrogens is 4. The number of amides is 3. The van der Waals surface area contributed by atoms with E-state index >= 15 is 0 Å². The molecule has 528 valence electrons. The number of imidazole rings is 2. The second-order valence-corrected chi connectivity index (χ2v) is 36.5. The zero-order valence-electron chi connectivity index (χ0n) is 61.4. The molecule has 0 spiro atoms. The van der Waals surface area contributed by atoms with E-state index in [0.29, 0.717) is 50.3 Å². The molecule has 6 aromatic carbocycles. The van der Waals surface area contributed by atoms with Crippen molar-refractivity contribution >= 4 is 73.9 Å². The molecule has 0 radical (unpaired) electrons. The van der Waals surface area contributed by atoms with Gasteiger partial charge in [-0.15, -0.1) is 12.4 Å². The Morgan fingerprint density at radius 3 is 1.08 bits per heavy atom. The topological polar surface area (TPSA) is 222 Å². The minimum atomic E-state index is -2.74. The summed E-state index contributed by atoms with van der Waals surface area (Å²) in [6.07, 6.45) is 4.84. The third kappa shape index (κ3) is 23.7. The van der Waals surface area contributed by atoms with Crippen LogP contribution in [-0.4, -0.2) is 130 Å². The summed E-state index contributed by atoms with van der Waals surface area (Å²) in [6.45, 7) is 25.5. The summed E-state index contributed by atoms with van der Waals surface area (Å²) in [5.74, 6) is -1.51. The number of rotatable bonds is 24. The molecule has 19 nitrogen and oxygen atoms in total. The van der Waals surface area contributed by atoms with E-state index in [1.165, 1.54) is 32.4 Å². The van der Waals surface area contributed by atoms with Crippen LogP contribution in [0.4, 0.5) is 9.59 Å². The van der Waals surface area contributed by atoms with Gasteiger partial charge in [-0.1, -0.05) is 211 Å². The van der Waals surface area contributed by atoms with Crippen molar-refractivity contribution in [3.8, 4) is 22.5 Å². The van der Waals surface area contributed by atoms with Gasteiger partial charge in [0.25, 0.3) is 16.6 Å². The Labute approximate surface area is 617 Å². The van der Waals surface area contributed by atoms with E-state index < -0.39 is 46.0 Å². The number of nitrogens with one attached hydrogen (secondary N) is 3. The number of hydrogen-bond donors (Lipinski definition) is 3. The fraction of sp³-hybridized carbons (Fsp3) is 0.395. The summed E-state index contributed by atoms with van der Waals surface area (Å²) in [5.41, 5.74) is 6.10. The van der Waals surface area contributed by atoms with Crippen LogP contribution in [-0.2, 0) is 54.9 Å². The van der Waals surface area contributed by atoms with Gasteiger partial charge in [-0.05, 0) is 109 Å². The molecule has 2 atom stereocenters. The molecule has 2 aromatic heterocycles. The molecule has 8 aromatic rings. The number of aryl methyl sites for hydroxylation is 2. The second-order valence-electron chi connectivity index (χ2n) is 27.9. The summed E-state index contributed by atoms with van der Waals surface area (Å²) < 4.78 is 28.6. The van der Waals surface area contributed by atoms with Crippen molar-refractivity contribution in [2.45, 2.75) is 142 Å². The summed E-state index contributed by atoms with van der Waals surface area (Å²) in [6, 6.07) is 57.3. The van der Waals surface area contributed by atoms with Gasteiger partial charge in [0.05, 0.1) is 25.6 Å². The summed E-state index contributed by atoms with van der Waals surface area (Å²) in [5, 5.41) is 23.2. The van der Waals surface area contributed by atoms with Crippen LogP contribution in [0.3, 0.4) is 0 Å². The number of halogens is 1. The zero-order chi connectivity index (χ0) is 71.4. The Bertz CT molecular complexity index is 3690. The maximum Gasteiger partial charge on any atom is 1.00 e. The van der Waals surface area contributed by atoms with E-state index in [4.69, 9.17) is 23.2 Å².